The monoisotopic (exact) mass is 1000 g/mol. The minimum absolute atomic E-state index is 0. The van der Waals surface area contributed by atoms with Gasteiger partial charge in [-0.2, -0.15) is 0 Å². The summed E-state index contributed by atoms with van der Waals surface area (Å²) >= 11 is 0. The predicted molar refractivity (Wildman–Crippen MR) is 258 cm³/mol. The molecule has 0 fully saturated rings. The van der Waals surface area contributed by atoms with Gasteiger partial charge in [-0.25, -0.2) is 0 Å². The van der Waals surface area contributed by atoms with E-state index in [9.17, 15) is 0 Å². The summed E-state index contributed by atoms with van der Waals surface area (Å²) in [5.41, 5.74) is 12.9. The van der Waals surface area contributed by atoms with Gasteiger partial charge in [0.15, 0.2) is 0 Å². The SMILES string of the molecule is CC(C)c1cc(-c2ccc([Si](C)(C)c3ccccc3)cc2)cc(C(C)C)c1-n1c(-c2[c-]ccc3c2oc2ccccc23)nc2ccccc21.[Ir].[c-]1ccccc1-c1ccccn1. The smallest absolute Gasteiger partial charge is 0.120 e. The number of aromatic nitrogens is 3. The zero-order valence-electron chi connectivity index (χ0n) is 36.0. The standard InChI is InChI=1S/C45H41N2OSi.C11H8N.Ir/c1-29(2)38-27-32(31-23-25-34(26-24-31)49(5,6)33-15-8-7-9-16-33)28-39(30(3)4)43(38)47-41-21-12-11-20-40(41)46-45(47)37-19-14-18-36-35-17-10-13-22-42(35)48-44(36)37;1-2-6-10(7-3-1)11-8-4-5-9-12-11;/h7-18,20-30H,1-6H3;1-6,8-9H;/q2*-1;. The number of benzene rings is 7. The number of para-hydroxylation sites is 3. The van der Waals surface area contributed by atoms with Crippen molar-refractivity contribution in [2.24, 2.45) is 0 Å². The normalized spacial score (nSPS) is 11.5. The maximum atomic E-state index is 6.54. The van der Waals surface area contributed by atoms with E-state index in [2.05, 4.69) is 172 Å². The molecule has 62 heavy (non-hydrogen) atoms. The molecule has 0 unspecified atom stereocenters. The average molecular weight is 1000 g/mol. The molecular weight excluding hydrogens is 951 g/mol. The summed E-state index contributed by atoms with van der Waals surface area (Å²) < 4.78 is 8.91. The van der Waals surface area contributed by atoms with Crippen molar-refractivity contribution in [1.82, 2.24) is 14.5 Å². The quantitative estimate of drug-likeness (QED) is 0.113. The fraction of sp³-hybridized carbons (Fsp3) is 0.143. The maximum absolute atomic E-state index is 6.54. The van der Waals surface area contributed by atoms with E-state index < -0.39 is 8.07 Å². The van der Waals surface area contributed by atoms with Crippen molar-refractivity contribution >= 4 is 51.4 Å². The Labute approximate surface area is 379 Å². The van der Waals surface area contributed by atoms with Crippen LogP contribution in [-0.2, 0) is 20.1 Å². The Kier molecular flexibility index (Phi) is 12.4. The number of pyridine rings is 1. The van der Waals surface area contributed by atoms with Crippen LogP contribution in [0.1, 0.15) is 50.7 Å². The summed E-state index contributed by atoms with van der Waals surface area (Å²) in [7, 11) is -1.80. The Hall–Kier alpha value is -6.17. The van der Waals surface area contributed by atoms with Gasteiger partial charge in [0.2, 0.25) is 0 Å². The first kappa shape index (κ1) is 42.5. The van der Waals surface area contributed by atoms with Gasteiger partial charge in [0.05, 0.1) is 22.4 Å². The van der Waals surface area contributed by atoms with E-state index in [1.807, 2.05) is 60.7 Å². The molecule has 0 aliphatic heterocycles. The molecule has 7 aromatic carbocycles. The van der Waals surface area contributed by atoms with Crippen LogP contribution in [0, 0.1) is 12.1 Å². The molecule has 0 saturated carbocycles. The van der Waals surface area contributed by atoms with Crippen LogP contribution in [-0.4, -0.2) is 22.6 Å². The van der Waals surface area contributed by atoms with Crippen LogP contribution >= 0.6 is 0 Å². The Morgan fingerprint density at radius 1 is 0.597 bits per heavy atom. The van der Waals surface area contributed by atoms with Crippen molar-refractivity contribution in [2.75, 3.05) is 0 Å². The molecule has 0 spiro atoms. The van der Waals surface area contributed by atoms with Crippen LogP contribution in [0.3, 0.4) is 0 Å². The van der Waals surface area contributed by atoms with Gasteiger partial charge in [-0.15, -0.1) is 54.1 Å². The van der Waals surface area contributed by atoms with Gasteiger partial charge in [0, 0.05) is 37.4 Å². The minimum atomic E-state index is -1.80. The van der Waals surface area contributed by atoms with Gasteiger partial charge in [0.1, 0.15) is 13.7 Å². The van der Waals surface area contributed by atoms with Crippen molar-refractivity contribution in [3.8, 4) is 39.5 Å². The summed E-state index contributed by atoms with van der Waals surface area (Å²) in [4.78, 5) is 9.51. The van der Waals surface area contributed by atoms with Crippen molar-refractivity contribution < 1.29 is 24.5 Å². The molecule has 0 saturated heterocycles. The first-order valence-electron chi connectivity index (χ1n) is 21.2. The predicted octanol–water partition coefficient (Wildman–Crippen LogP) is 13.7. The molecule has 0 bridgehead atoms. The maximum Gasteiger partial charge on any atom is 0.120 e. The molecule has 1 radical (unpaired) electrons. The molecular formula is C56H49IrN3OSi-2. The Bertz CT molecular complexity index is 3030. The Morgan fingerprint density at radius 2 is 1.26 bits per heavy atom. The molecule has 10 aromatic rings. The largest absolute Gasteiger partial charge is 0.501 e. The summed E-state index contributed by atoms with van der Waals surface area (Å²) in [5.74, 6) is 1.40. The number of imidazole rings is 1. The van der Waals surface area contributed by atoms with E-state index in [0.717, 1.165) is 55.6 Å². The number of fused-ring (bicyclic) bond motifs is 4. The molecule has 0 aliphatic rings. The molecule has 309 valence electrons. The number of hydrogen-bond donors (Lipinski definition) is 0. The van der Waals surface area contributed by atoms with Crippen LogP contribution in [0.15, 0.2) is 180 Å². The third-order valence-corrected chi connectivity index (χ3v) is 15.4. The number of nitrogens with zero attached hydrogens (tertiary/aromatic N) is 3. The van der Waals surface area contributed by atoms with E-state index in [-0.39, 0.29) is 31.9 Å². The van der Waals surface area contributed by atoms with Crippen LogP contribution in [0.2, 0.25) is 13.1 Å². The molecule has 3 aromatic heterocycles. The summed E-state index contributed by atoms with van der Waals surface area (Å²) in [6.45, 7) is 14.1. The fourth-order valence-corrected chi connectivity index (χ4v) is 10.8. The van der Waals surface area contributed by atoms with Crippen LogP contribution in [0.25, 0.3) is 72.4 Å². The molecule has 0 amide bonds. The Morgan fingerprint density at radius 3 is 1.95 bits per heavy atom. The van der Waals surface area contributed by atoms with Crippen molar-refractivity contribution in [2.45, 2.75) is 52.6 Å². The zero-order valence-corrected chi connectivity index (χ0v) is 39.4. The molecule has 0 atom stereocenters. The van der Waals surface area contributed by atoms with Crippen molar-refractivity contribution in [3.63, 3.8) is 0 Å². The van der Waals surface area contributed by atoms with Crippen molar-refractivity contribution in [1.29, 1.82) is 0 Å². The second kappa shape index (κ2) is 18.0. The van der Waals surface area contributed by atoms with Gasteiger partial charge in [0.25, 0.3) is 0 Å². The molecule has 3 heterocycles. The molecule has 4 nitrogen and oxygen atoms in total. The molecule has 0 N–H and O–H groups in total. The van der Waals surface area contributed by atoms with Gasteiger partial charge in [-0.3, -0.25) is 4.98 Å². The van der Waals surface area contributed by atoms with Crippen molar-refractivity contribution in [3.05, 3.63) is 199 Å². The van der Waals surface area contributed by atoms with E-state index in [1.165, 1.54) is 38.3 Å². The topological polar surface area (TPSA) is 43.9 Å². The van der Waals surface area contributed by atoms with E-state index in [4.69, 9.17) is 9.40 Å². The van der Waals surface area contributed by atoms with Gasteiger partial charge in [-0.05, 0) is 76.2 Å². The van der Waals surface area contributed by atoms with Gasteiger partial charge in [-0.1, -0.05) is 159 Å². The first-order valence-corrected chi connectivity index (χ1v) is 24.2. The summed E-state index contributed by atoms with van der Waals surface area (Å²) in [6.07, 6.45) is 1.79. The van der Waals surface area contributed by atoms with Gasteiger partial charge < -0.3 is 14.0 Å². The van der Waals surface area contributed by atoms with E-state index in [1.54, 1.807) is 6.20 Å². The third-order valence-electron chi connectivity index (χ3n) is 11.8. The molecule has 10 rings (SSSR count). The van der Waals surface area contributed by atoms with E-state index >= 15 is 0 Å². The zero-order chi connectivity index (χ0) is 42.1. The second-order valence-electron chi connectivity index (χ2n) is 16.8. The molecule has 0 aliphatic carbocycles. The first-order chi connectivity index (χ1) is 29.7. The van der Waals surface area contributed by atoms with Crippen LogP contribution in [0.4, 0.5) is 0 Å². The van der Waals surface area contributed by atoms with Crippen LogP contribution < -0.4 is 10.4 Å². The second-order valence-corrected chi connectivity index (χ2v) is 21.2. The van der Waals surface area contributed by atoms with E-state index in [0.29, 0.717) is 0 Å². The minimum Gasteiger partial charge on any atom is -0.501 e. The molecule has 6 heteroatoms. The third kappa shape index (κ3) is 8.14. The average Bonchev–Trinajstić information content (AvgIpc) is 3.88. The number of rotatable bonds is 8. The Balaban J connectivity index is 0.000000350. The van der Waals surface area contributed by atoms with Gasteiger partial charge >= 0.3 is 0 Å². The summed E-state index contributed by atoms with van der Waals surface area (Å²) in [5, 5.41) is 5.08. The number of hydrogen-bond acceptors (Lipinski definition) is 3. The summed E-state index contributed by atoms with van der Waals surface area (Å²) in [6, 6.07) is 66.3. The number of furan rings is 1. The van der Waals surface area contributed by atoms with Crippen LogP contribution in [0.5, 0.6) is 0 Å². The fourth-order valence-electron chi connectivity index (χ4n) is 8.44.